The van der Waals surface area contributed by atoms with Gasteiger partial charge in [0.25, 0.3) is 5.91 Å². The Morgan fingerprint density at radius 2 is 1.90 bits per heavy atom. The van der Waals surface area contributed by atoms with E-state index in [0.717, 1.165) is 11.5 Å². The zero-order valence-corrected chi connectivity index (χ0v) is 16.7. The molecule has 0 N–H and O–H groups in total. The van der Waals surface area contributed by atoms with Crippen LogP contribution in [0.2, 0.25) is 0 Å². The highest BCUT2D eigenvalue weighted by molar-refractivity contribution is 5.97. The molecule has 1 saturated carbocycles. The van der Waals surface area contributed by atoms with E-state index in [0.29, 0.717) is 48.8 Å². The minimum atomic E-state index is -0.652. The molecule has 8 nitrogen and oxygen atoms in total. The van der Waals surface area contributed by atoms with E-state index < -0.39 is 5.63 Å². The summed E-state index contributed by atoms with van der Waals surface area (Å²) in [4.78, 5) is 29.2. The molecule has 2 aliphatic rings. The standard InChI is InChI=1S/C22H22N4O4/c1-29-18-4-2-3-15-13-16(22(28)30-20(15)18)21(27)26-11-9-25(10-12-26)19-8-7-17(23-24-19)14-5-6-14/h2-4,7-8,13-14H,5-6,9-12H2,1H3. The predicted octanol–water partition coefficient (Wildman–Crippen LogP) is 2.43. The van der Waals surface area contributed by atoms with Crippen LogP contribution in [0.4, 0.5) is 5.82 Å². The molecule has 0 spiro atoms. The largest absolute Gasteiger partial charge is 0.493 e. The van der Waals surface area contributed by atoms with Crippen molar-refractivity contribution in [3.8, 4) is 5.75 Å². The molecule has 1 saturated heterocycles. The first-order valence-electron chi connectivity index (χ1n) is 10.1. The van der Waals surface area contributed by atoms with Gasteiger partial charge in [0.15, 0.2) is 17.2 Å². The molecule has 1 aromatic carbocycles. The lowest BCUT2D eigenvalue weighted by molar-refractivity contribution is 0.0742. The predicted molar refractivity (Wildman–Crippen MR) is 111 cm³/mol. The normalized spacial score (nSPS) is 16.7. The van der Waals surface area contributed by atoms with E-state index in [4.69, 9.17) is 9.15 Å². The molecule has 0 unspecified atom stereocenters. The number of piperazine rings is 1. The first-order valence-corrected chi connectivity index (χ1v) is 10.1. The van der Waals surface area contributed by atoms with E-state index in [2.05, 4.69) is 15.1 Å². The summed E-state index contributed by atoms with van der Waals surface area (Å²) in [5.74, 6) is 1.55. The van der Waals surface area contributed by atoms with Gasteiger partial charge in [0, 0.05) is 37.5 Å². The van der Waals surface area contributed by atoms with Crippen LogP contribution >= 0.6 is 0 Å². The summed E-state index contributed by atoms with van der Waals surface area (Å²) in [6, 6.07) is 10.9. The topological polar surface area (TPSA) is 88.8 Å². The lowest BCUT2D eigenvalue weighted by Gasteiger charge is -2.35. The molecule has 0 atom stereocenters. The molecular weight excluding hydrogens is 384 g/mol. The number of hydrogen-bond donors (Lipinski definition) is 0. The van der Waals surface area contributed by atoms with Gasteiger partial charge in [0.2, 0.25) is 0 Å². The maximum Gasteiger partial charge on any atom is 0.349 e. The average Bonchev–Trinajstić information content (AvgIpc) is 3.64. The molecule has 2 aromatic heterocycles. The number of hydrogen-bond acceptors (Lipinski definition) is 7. The minimum absolute atomic E-state index is 0.0396. The molecule has 3 heterocycles. The van der Waals surface area contributed by atoms with Crippen molar-refractivity contribution in [2.75, 3.05) is 38.2 Å². The lowest BCUT2D eigenvalue weighted by Crippen LogP contribution is -2.49. The molecule has 8 heteroatoms. The number of rotatable bonds is 4. The summed E-state index contributed by atoms with van der Waals surface area (Å²) in [6.07, 6.45) is 2.40. The van der Waals surface area contributed by atoms with Gasteiger partial charge in [0.1, 0.15) is 5.56 Å². The zero-order valence-electron chi connectivity index (χ0n) is 16.7. The Kier molecular flexibility index (Phi) is 4.61. The first kappa shape index (κ1) is 18.6. The van der Waals surface area contributed by atoms with E-state index in [9.17, 15) is 9.59 Å². The van der Waals surface area contributed by atoms with E-state index in [1.54, 1.807) is 29.2 Å². The van der Waals surface area contributed by atoms with Crippen LogP contribution in [-0.4, -0.2) is 54.3 Å². The molecule has 2 fully saturated rings. The van der Waals surface area contributed by atoms with E-state index in [1.807, 2.05) is 12.1 Å². The fourth-order valence-electron chi connectivity index (χ4n) is 3.84. The van der Waals surface area contributed by atoms with E-state index >= 15 is 0 Å². The second-order valence-corrected chi connectivity index (χ2v) is 7.70. The summed E-state index contributed by atoms with van der Waals surface area (Å²) < 4.78 is 10.6. The van der Waals surface area contributed by atoms with Gasteiger partial charge in [-0.15, -0.1) is 5.10 Å². The number of carbonyl (C=O) groups is 1. The number of amides is 1. The zero-order chi connectivity index (χ0) is 20.7. The smallest absolute Gasteiger partial charge is 0.349 e. The third-order valence-electron chi connectivity index (χ3n) is 5.73. The van der Waals surface area contributed by atoms with Crippen LogP contribution in [0.1, 0.15) is 34.8 Å². The second kappa shape index (κ2) is 7.44. The van der Waals surface area contributed by atoms with E-state index in [-0.39, 0.29) is 11.5 Å². The van der Waals surface area contributed by atoms with Crippen molar-refractivity contribution in [1.82, 2.24) is 15.1 Å². The van der Waals surface area contributed by atoms with Crippen molar-refractivity contribution in [2.24, 2.45) is 0 Å². The van der Waals surface area contributed by atoms with Crippen LogP contribution in [-0.2, 0) is 0 Å². The quantitative estimate of drug-likeness (QED) is 0.615. The molecule has 1 aliphatic heterocycles. The van der Waals surface area contributed by atoms with Crippen LogP contribution in [0, 0.1) is 0 Å². The van der Waals surface area contributed by atoms with Crippen molar-refractivity contribution in [3.05, 3.63) is 58.1 Å². The van der Waals surface area contributed by atoms with Crippen molar-refractivity contribution in [3.63, 3.8) is 0 Å². The Morgan fingerprint density at radius 1 is 1.10 bits per heavy atom. The Hall–Kier alpha value is -3.42. The van der Waals surface area contributed by atoms with Crippen LogP contribution in [0.15, 0.2) is 45.6 Å². The van der Waals surface area contributed by atoms with Crippen LogP contribution in [0.5, 0.6) is 5.75 Å². The molecule has 1 amide bonds. The van der Waals surface area contributed by atoms with Crippen molar-refractivity contribution in [2.45, 2.75) is 18.8 Å². The number of nitrogens with zero attached hydrogens (tertiary/aromatic N) is 4. The van der Waals surface area contributed by atoms with Crippen LogP contribution < -0.4 is 15.3 Å². The fourth-order valence-corrected chi connectivity index (χ4v) is 3.84. The maximum absolute atomic E-state index is 13.0. The molecular formula is C22H22N4O4. The molecule has 1 aliphatic carbocycles. The Labute approximate surface area is 173 Å². The van der Waals surface area contributed by atoms with Gasteiger partial charge < -0.3 is 19.0 Å². The monoisotopic (exact) mass is 406 g/mol. The highest BCUT2D eigenvalue weighted by atomic mass is 16.5. The summed E-state index contributed by atoms with van der Waals surface area (Å²) in [5.41, 5.74) is 0.797. The highest BCUT2D eigenvalue weighted by Gasteiger charge is 2.28. The van der Waals surface area contributed by atoms with E-state index in [1.165, 1.54) is 20.0 Å². The molecule has 3 aromatic rings. The third-order valence-corrected chi connectivity index (χ3v) is 5.73. The SMILES string of the molecule is COc1cccc2cc(C(=O)N3CCN(c4ccc(C5CC5)nn4)CC3)c(=O)oc12. The minimum Gasteiger partial charge on any atom is -0.493 e. The van der Waals surface area contributed by atoms with Gasteiger partial charge in [-0.25, -0.2) is 4.79 Å². The lowest BCUT2D eigenvalue weighted by atomic mass is 10.1. The Balaban J connectivity index is 1.30. The van der Waals surface area contributed by atoms with Gasteiger partial charge >= 0.3 is 5.63 Å². The van der Waals surface area contributed by atoms with Crippen molar-refractivity contribution >= 4 is 22.7 Å². The number of anilines is 1. The van der Waals surface area contributed by atoms with Gasteiger partial charge in [-0.2, -0.15) is 5.10 Å². The molecule has 0 bridgehead atoms. The number of methoxy groups -OCH3 is 1. The van der Waals surface area contributed by atoms with Crippen LogP contribution in [0.3, 0.4) is 0 Å². The molecule has 154 valence electrons. The third kappa shape index (κ3) is 3.38. The van der Waals surface area contributed by atoms with Crippen molar-refractivity contribution < 1.29 is 13.9 Å². The maximum atomic E-state index is 13.0. The number of benzene rings is 1. The first-order chi connectivity index (χ1) is 14.6. The van der Waals surface area contributed by atoms with Gasteiger partial charge in [-0.05, 0) is 37.1 Å². The summed E-state index contributed by atoms with van der Waals surface area (Å²) >= 11 is 0. The number of ether oxygens (including phenoxy) is 1. The van der Waals surface area contributed by atoms with Gasteiger partial charge in [-0.1, -0.05) is 12.1 Å². The summed E-state index contributed by atoms with van der Waals surface area (Å²) in [7, 11) is 1.51. The summed E-state index contributed by atoms with van der Waals surface area (Å²) in [5, 5.41) is 9.34. The highest BCUT2D eigenvalue weighted by Crippen LogP contribution is 2.38. The number of para-hydroxylation sites is 1. The number of aromatic nitrogens is 2. The Bertz CT molecular complexity index is 1150. The average molecular weight is 406 g/mol. The fraction of sp³-hybridized carbons (Fsp3) is 0.364. The van der Waals surface area contributed by atoms with Gasteiger partial charge in [0.05, 0.1) is 12.8 Å². The number of carbonyl (C=O) groups excluding carboxylic acids is 1. The van der Waals surface area contributed by atoms with Crippen molar-refractivity contribution in [1.29, 1.82) is 0 Å². The van der Waals surface area contributed by atoms with Gasteiger partial charge in [-0.3, -0.25) is 4.79 Å². The van der Waals surface area contributed by atoms with Crippen LogP contribution in [0.25, 0.3) is 11.0 Å². The molecule has 5 rings (SSSR count). The summed E-state index contributed by atoms with van der Waals surface area (Å²) in [6.45, 7) is 2.27. The Morgan fingerprint density at radius 3 is 2.57 bits per heavy atom. The molecule has 0 radical (unpaired) electrons. The molecule has 30 heavy (non-hydrogen) atoms. The second-order valence-electron chi connectivity index (χ2n) is 7.70. The number of fused-ring (bicyclic) bond motifs is 1.